The van der Waals surface area contributed by atoms with E-state index in [-0.39, 0.29) is 29.0 Å². The molecule has 288 valence electrons. The minimum Gasteiger partial charge on any atom is -0.347 e. The standard InChI is InChI=1S/C38H63N5O7S/c1-35(2,3)30(41-34(48)42-38(18-10-9-11-19-38)22-51(49,50)36(4,5)6)33(47)43-21-26-25(20-37(26,7)8)28(43)31(45)40-27(17-14-23-12-13-23)29(44)32(46)39-24-15-16-24/h23-28,30H,9-22H2,1-8H3,(H,39,46)(H,40,45)(H2,41,42,48). The molecule has 51 heavy (non-hydrogen) atoms. The highest BCUT2D eigenvalue weighted by molar-refractivity contribution is 7.92. The molecule has 0 aromatic carbocycles. The van der Waals surface area contributed by atoms with Gasteiger partial charge in [-0.1, -0.05) is 66.7 Å². The fourth-order valence-corrected chi connectivity index (χ4v) is 9.99. The molecule has 1 aliphatic heterocycles. The predicted octanol–water partition coefficient (Wildman–Crippen LogP) is 4.01. The van der Waals surface area contributed by atoms with E-state index in [1.165, 1.54) is 0 Å². The number of ketones is 1. The smallest absolute Gasteiger partial charge is 0.315 e. The molecule has 0 aromatic rings. The molecule has 4 aliphatic carbocycles. The van der Waals surface area contributed by atoms with Crippen LogP contribution >= 0.6 is 0 Å². The van der Waals surface area contributed by atoms with Crippen LogP contribution in [-0.4, -0.2) is 89.6 Å². The van der Waals surface area contributed by atoms with E-state index in [4.69, 9.17) is 0 Å². The first kappa shape index (κ1) is 39.5. The largest absolute Gasteiger partial charge is 0.347 e. The number of nitrogens with zero attached hydrogens (tertiary/aromatic N) is 1. The molecular weight excluding hydrogens is 671 g/mol. The van der Waals surface area contributed by atoms with Crippen molar-refractivity contribution in [1.29, 1.82) is 0 Å². The molecule has 0 bridgehead atoms. The fourth-order valence-electron chi connectivity index (χ4n) is 8.47. The van der Waals surface area contributed by atoms with Crippen LogP contribution in [0.15, 0.2) is 0 Å². The maximum atomic E-state index is 14.7. The molecule has 4 N–H and O–H groups in total. The first-order chi connectivity index (χ1) is 23.5. The monoisotopic (exact) mass is 733 g/mol. The van der Waals surface area contributed by atoms with Gasteiger partial charge in [-0.25, -0.2) is 13.2 Å². The molecule has 0 spiro atoms. The lowest BCUT2D eigenvalue weighted by Crippen LogP contribution is -2.64. The van der Waals surface area contributed by atoms with E-state index in [9.17, 15) is 32.4 Å². The van der Waals surface area contributed by atoms with Gasteiger partial charge in [0.2, 0.25) is 17.6 Å². The molecule has 0 radical (unpaired) electrons. The third kappa shape index (κ3) is 9.10. The summed E-state index contributed by atoms with van der Waals surface area (Å²) in [4.78, 5) is 70.5. The van der Waals surface area contributed by atoms with E-state index in [1.54, 1.807) is 25.7 Å². The first-order valence-corrected chi connectivity index (χ1v) is 21.0. The van der Waals surface area contributed by atoms with Crippen LogP contribution in [0.2, 0.25) is 0 Å². The van der Waals surface area contributed by atoms with Crippen LogP contribution in [0.1, 0.15) is 132 Å². The Bertz CT molecular complexity index is 1480. The lowest BCUT2D eigenvalue weighted by molar-refractivity contribution is -0.145. The predicted molar refractivity (Wildman–Crippen MR) is 195 cm³/mol. The number of Topliss-reactive ketones (excluding diaryl/α,β-unsaturated/α-hetero) is 1. The number of urea groups is 1. The summed E-state index contributed by atoms with van der Waals surface area (Å²) in [6.45, 7) is 15.1. The maximum absolute atomic E-state index is 14.7. The van der Waals surface area contributed by atoms with Crippen molar-refractivity contribution in [2.75, 3.05) is 12.3 Å². The zero-order valence-electron chi connectivity index (χ0n) is 32.2. The number of rotatable bonds is 13. The highest BCUT2D eigenvalue weighted by atomic mass is 32.2. The maximum Gasteiger partial charge on any atom is 0.315 e. The minimum absolute atomic E-state index is 0.0112. The third-order valence-corrected chi connectivity index (χ3v) is 15.1. The number of fused-ring (bicyclic) bond motifs is 1. The van der Waals surface area contributed by atoms with E-state index >= 15 is 0 Å². The van der Waals surface area contributed by atoms with Crippen molar-refractivity contribution in [3.05, 3.63) is 0 Å². The number of likely N-dealkylation sites (tertiary alicyclic amines) is 1. The van der Waals surface area contributed by atoms with Gasteiger partial charge in [0.05, 0.1) is 22.1 Å². The van der Waals surface area contributed by atoms with E-state index < -0.39 is 73.2 Å². The minimum atomic E-state index is -3.56. The van der Waals surface area contributed by atoms with Gasteiger partial charge in [0.25, 0.3) is 5.91 Å². The Hall–Kier alpha value is -2.70. The Morgan fingerprint density at radius 2 is 1.51 bits per heavy atom. The Kier molecular flexibility index (Phi) is 11.1. The summed E-state index contributed by atoms with van der Waals surface area (Å²) >= 11 is 0. The van der Waals surface area contributed by atoms with Gasteiger partial charge in [0.15, 0.2) is 9.84 Å². The van der Waals surface area contributed by atoms with Gasteiger partial charge in [-0.15, -0.1) is 0 Å². The Labute approximate surface area is 305 Å². The van der Waals surface area contributed by atoms with Crippen molar-refractivity contribution in [1.82, 2.24) is 26.2 Å². The van der Waals surface area contributed by atoms with Crippen LogP contribution in [0.4, 0.5) is 4.79 Å². The van der Waals surface area contributed by atoms with Crippen molar-refractivity contribution in [2.24, 2.45) is 28.6 Å². The number of amides is 5. The number of hydrogen-bond donors (Lipinski definition) is 4. The average Bonchev–Trinajstić information content (AvgIpc) is 3.95. The van der Waals surface area contributed by atoms with Gasteiger partial charge >= 0.3 is 6.03 Å². The number of carbonyl (C=O) groups is 5. The van der Waals surface area contributed by atoms with Gasteiger partial charge in [0, 0.05) is 12.6 Å². The average molecular weight is 734 g/mol. The van der Waals surface area contributed by atoms with Crippen molar-refractivity contribution in [3.8, 4) is 0 Å². The SMILES string of the molecule is CC(C)(C)C(NC(=O)NC1(CS(=O)(=O)C(C)(C)C)CCCCC1)C(=O)N1CC2C(CC2(C)C)C1C(=O)NC(CCC1CC1)C(=O)C(=O)NC1CC1. The third-order valence-electron chi connectivity index (χ3n) is 12.3. The molecule has 5 fully saturated rings. The van der Waals surface area contributed by atoms with Crippen LogP contribution in [0.5, 0.6) is 0 Å². The van der Waals surface area contributed by atoms with Crippen molar-refractivity contribution in [2.45, 2.75) is 167 Å². The van der Waals surface area contributed by atoms with Gasteiger partial charge in [0.1, 0.15) is 12.1 Å². The summed E-state index contributed by atoms with van der Waals surface area (Å²) in [5.41, 5.74) is -1.81. The second-order valence-corrected chi connectivity index (χ2v) is 21.9. The topological polar surface area (TPSA) is 171 Å². The molecule has 5 atom stereocenters. The molecule has 5 rings (SSSR count). The normalized spacial score (nSPS) is 26.9. The summed E-state index contributed by atoms with van der Waals surface area (Å²) in [7, 11) is -3.56. The van der Waals surface area contributed by atoms with Crippen LogP contribution in [-0.2, 0) is 29.0 Å². The van der Waals surface area contributed by atoms with Crippen LogP contribution in [0, 0.1) is 28.6 Å². The summed E-state index contributed by atoms with van der Waals surface area (Å²) in [6.07, 6.45) is 9.25. The zero-order valence-corrected chi connectivity index (χ0v) is 33.0. The summed E-state index contributed by atoms with van der Waals surface area (Å²) in [6, 6.07) is -3.44. The quantitative estimate of drug-likeness (QED) is 0.207. The molecule has 1 heterocycles. The summed E-state index contributed by atoms with van der Waals surface area (Å²) in [5.74, 6) is -1.90. The number of nitrogens with one attached hydrogen (secondary N) is 4. The first-order valence-electron chi connectivity index (χ1n) is 19.3. The van der Waals surface area contributed by atoms with E-state index in [0.717, 1.165) is 57.8 Å². The molecule has 0 aromatic heterocycles. The van der Waals surface area contributed by atoms with E-state index in [0.29, 0.717) is 31.7 Å². The van der Waals surface area contributed by atoms with E-state index in [1.807, 2.05) is 20.8 Å². The molecular formula is C38H63N5O7S. The highest BCUT2D eigenvalue weighted by Crippen LogP contribution is 2.57. The van der Waals surface area contributed by atoms with Gasteiger partial charge in [-0.3, -0.25) is 19.2 Å². The lowest BCUT2D eigenvalue weighted by atomic mass is 9.55. The number of sulfone groups is 1. The highest BCUT2D eigenvalue weighted by Gasteiger charge is 2.61. The molecule has 12 nitrogen and oxygen atoms in total. The summed E-state index contributed by atoms with van der Waals surface area (Å²) < 4.78 is 25.7. The van der Waals surface area contributed by atoms with Crippen LogP contribution in [0.3, 0.4) is 0 Å². The Morgan fingerprint density at radius 1 is 0.882 bits per heavy atom. The summed E-state index contributed by atoms with van der Waals surface area (Å²) in [5, 5.41) is 11.6. The van der Waals surface area contributed by atoms with Gasteiger partial charge in [-0.2, -0.15) is 0 Å². The molecule has 5 unspecified atom stereocenters. The van der Waals surface area contributed by atoms with Crippen molar-refractivity contribution < 1.29 is 32.4 Å². The van der Waals surface area contributed by atoms with Gasteiger partial charge < -0.3 is 26.2 Å². The molecule has 1 saturated heterocycles. The molecule has 4 saturated carbocycles. The molecule has 5 aliphatic rings. The van der Waals surface area contributed by atoms with Crippen molar-refractivity contribution >= 4 is 39.4 Å². The Balaban J connectivity index is 1.35. The molecule has 5 amide bonds. The molecule has 13 heteroatoms. The zero-order chi connectivity index (χ0) is 37.7. The number of hydrogen-bond acceptors (Lipinski definition) is 7. The van der Waals surface area contributed by atoms with Crippen LogP contribution in [0.25, 0.3) is 0 Å². The van der Waals surface area contributed by atoms with Gasteiger partial charge in [-0.05, 0) is 94.3 Å². The van der Waals surface area contributed by atoms with E-state index in [2.05, 4.69) is 35.1 Å². The Morgan fingerprint density at radius 3 is 2.04 bits per heavy atom. The number of carbonyl (C=O) groups excluding carboxylic acids is 5. The second-order valence-electron chi connectivity index (χ2n) is 19.2. The fraction of sp³-hybridized carbons (Fsp3) is 0.868. The lowest BCUT2D eigenvalue weighted by Gasteiger charge is -2.48. The second kappa shape index (κ2) is 14.3. The van der Waals surface area contributed by atoms with Crippen LogP contribution < -0.4 is 21.3 Å². The van der Waals surface area contributed by atoms with Crippen molar-refractivity contribution in [3.63, 3.8) is 0 Å².